The molecule has 2 aromatic rings. The maximum Gasteiger partial charge on any atom is 0.416 e. The summed E-state index contributed by atoms with van der Waals surface area (Å²) in [5, 5.41) is 2.78. The van der Waals surface area contributed by atoms with Crippen LogP contribution in [0.2, 0.25) is 5.02 Å². The predicted octanol–water partition coefficient (Wildman–Crippen LogP) is 4.26. The van der Waals surface area contributed by atoms with E-state index in [1.54, 1.807) is 0 Å². The quantitative estimate of drug-likeness (QED) is 0.612. The predicted molar refractivity (Wildman–Crippen MR) is 116 cm³/mol. The molecule has 33 heavy (non-hydrogen) atoms. The second-order valence-corrected chi connectivity index (χ2v) is 12.2. The lowest BCUT2D eigenvalue weighted by Crippen LogP contribution is -2.45. The Morgan fingerprint density at radius 2 is 1.73 bits per heavy atom. The Hall–Kier alpha value is -2.37. The van der Waals surface area contributed by atoms with Crippen LogP contribution >= 0.6 is 11.6 Å². The Bertz CT molecular complexity index is 1330. The van der Waals surface area contributed by atoms with Crippen LogP contribution in [0.5, 0.6) is 0 Å². The van der Waals surface area contributed by atoms with E-state index in [-0.39, 0.29) is 33.2 Å². The van der Waals surface area contributed by atoms with Crippen molar-refractivity contribution in [2.45, 2.75) is 34.9 Å². The number of amides is 1. The molecule has 1 saturated carbocycles. The molecule has 12 heteroatoms. The zero-order valence-corrected chi connectivity index (χ0v) is 19.6. The number of carbonyl (C=O) groups excluding carboxylic acids is 1. The van der Waals surface area contributed by atoms with Gasteiger partial charge in [-0.15, -0.1) is 0 Å². The minimum Gasteiger partial charge on any atom is -0.349 e. The molecule has 0 unspecified atom stereocenters. The van der Waals surface area contributed by atoms with Crippen LogP contribution in [-0.4, -0.2) is 35.0 Å². The van der Waals surface area contributed by atoms with Crippen molar-refractivity contribution in [3.63, 3.8) is 0 Å². The molecule has 0 radical (unpaired) electrons. The van der Waals surface area contributed by atoms with Crippen LogP contribution in [0, 0.1) is 5.92 Å². The summed E-state index contributed by atoms with van der Waals surface area (Å²) in [6.07, 6.45) is -3.38. The monoisotopic (exact) mass is 521 g/mol. The first-order valence-electron chi connectivity index (χ1n) is 9.52. The van der Waals surface area contributed by atoms with Crippen molar-refractivity contribution in [1.29, 1.82) is 0 Å². The van der Waals surface area contributed by atoms with Crippen LogP contribution in [-0.2, 0) is 25.9 Å². The molecule has 0 atom stereocenters. The Morgan fingerprint density at radius 3 is 2.30 bits per heavy atom. The number of sulfone groups is 2. The van der Waals surface area contributed by atoms with Crippen LogP contribution in [0.3, 0.4) is 0 Å². The molecule has 178 valence electrons. The number of alkyl halides is 3. The maximum atomic E-state index is 12.9. The van der Waals surface area contributed by atoms with Gasteiger partial charge < -0.3 is 5.32 Å². The standard InChI is InChI=1S/C21H19ClF3NO5S2/c1-12(33(30,31)17-5-3-4-14(10-17)21(23,24)25)13-8-16(9-13)26-20(27)18-7-6-15(22)11-19(18)32(2,28)29/h3-7,10-11,13,16H,1,8-9H2,2H3,(H,26,27). The summed E-state index contributed by atoms with van der Waals surface area (Å²) in [7, 11) is -7.95. The third kappa shape index (κ3) is 5.42. The van der Waals surface area contributed by atoms with E-state index in [4.69, 9.17) is 11.6 Å². The Labute approximate surface area is 194 Å². The lowest BCUT2D eigenvalue weighted by atomic mass is 9.80. The molecule has 0 aromatic heterocycles. The van der Waals surface area contributed by atoms with Gasteiger partial charge in [0.25, 0.3) is 5.91 Å². The fraction of sp³-hybridized carbons (Fsp3) is 0.286. The van der Waals surface area contributed by atoms with Gasteiger partial charge in [0.2, 0.25) is 9.84 Å². The van der Waals surface area contributed by atoms with E-state index in [2.05, 4.69) is 11.9 Å². The first-order chi connectivity index (χ1) is 15.1. The van der Waals surface area contributed by atoms with E-state index in [1.165, 1.54) is 18.2 Å². The van der Waals surface area contributed by atoms with Gasteiger partial charge in [-0.1, -0.05) is 24.2 Å². The van der Waals surface area contributed by atoms with Crippen molar-refractivity contribution in [1.82, 2.24) is 5.32 Å². The lowest BCUT2D eigenvalue weighted by Gasteiger charge is -2.36. The largest absolute Gasteiger partial charge is 0.416 e. The number of hydrogen-bond donors (Lipinski definition) is 1. The van der Waals surface area contributed by atoms with Gasteiger partial charge in [0, 0.05) is 22.2 Å². The molecule has 3 rings (SSSR count). The zero-order valence-electron chi connectivity index (χ0n) is 17.2. The molecule has 1 N–H and O–H groups in total. The molecule has 1 aliphatic carbocycles. The second-order valence-electron chi connectivity index (χ2n) is 7.75. The lowest BCUT2D eigenvalue weighted by molar-refractivity contribution is -0.137. The fourth-order valence-electron chi connectivity index (χ4n) is 3.46. The van der Waals surface area contributed by atoms with Crippen molar-refractivity contribution in [3.8, 4) is 0 Å². The third-order valence-electron chi connectivity index (χ3n) is 5.33. The maximum absolute atomic E-state index is 12.9. The number of halogens is 4. The normalized spacial score (nSPS) is 18.9. The van der Waals surface area contributed by atoms with Gasteiger partial charge in [-0.3, -0.25) is 4.79 Å². The van der Waals surface area contributed by atoms with E-state index < -0.39 is 54.2 Å². The van der Waals surface area contributed by atoms with Gasteiger partial charge in [-0.2, -0.15) is 13.2 Å². The number of hydrogen-bond acceptors (Lipinski definition) is 5. The first kappa shape index (κ1) is 25.3. The number of carbonyl (C=O) groups is 1. The molecule has 1 amide bonds. The Kier molecular flexibility index (Phi) is 6.71. The summed E-state index contributed by atoms with van der Waals surface area (Å²) in [4.78, 5) is 11.6. The number of allylic oxidation sites excluding steroid dienone is 1. The van der Waals surface area contributed by atoms with Crippen molar-refractivity contribution < 1.29 is 34.8 Å². The molecular formula is C21H19ClF3NO5S2. The molecule has 6 nitrogen and oxygen atoms in total. The van der Waals surface area contributed by atoms with E-state index in [1.807, 2.05) is 0 Å². The second kappa shape index (κ2) is 8.77. The summed E-state index contributed by atoms with van der Waals surface area (Å²) in [5.74, 6) is -1.24. The minimum absolute atomic E-state index is 0.0965. The molecule has 1 aliphatic rings. The summed E-state index contributed by atoms with van der Waals surface area (Å²) in [6, 6.07) is 6.78. The van der Waals surface area contributed by atoms with E-state index >= 15 is 0 Å². The number of nitrogens with one attached hydrogen (secondary N) is 1. The Balaban J connectivity index is 1.70. The van der Waals surface area contributed by atoms with E-state index in [0.717, 1.165) is 24.5 Å². The highest BCUT2D eigenvalue weighted by atomic mass is 35.5. The molecule has 0 bridgehead atoms. The van der Waals surface area contributed by atoms with Crippen molar-refractivity contribution >= 4 is 37.2 Å². The first-order valence-corrected chi connectivity index (χ1v) is 13.3. The van der Waals surface area contributed by atoms with Crippen LogP contribution in [0.15, 0.2) is 63.7 Å². The molecule has 0 heterocycles. The van der Waals surface area contributed by atoms with Gasteiger partial charge in [0.05, 0.1) is 20.9 Å². The zero-order chi connectivity index (χ0) is 24.8. The van der Waals surface area contributed by atoms with Crippen LogP contribution in [0.1, 0.15) is 28.8 Å². The van der Waals surface area contributed by atoms with Crippen LogP contribution in [0.25, 0.3) is 0 Å². The average Bonchev–Trinajstić information content (AvgIpc) is 2.68. The fourth-order valence-corrected chi connectivity index (χ4v) is 6.07. The van der Waals surface area contributed by atoms with Crippen molar-refractivity contribution in [3.05, 3.63) is 70.1 Å². The number of rotatable bonds is 6. The summed E-state index contributed by atoms with van der Waals surface area (Å²) < 4.78 is 88.2. The summed E-state index contributed by atoms with van der Waals surface area (Å²) in [5.41, 5.74) is -1.18. The van der Waals surface area contributed by atoms with E-state index in [0.29, 0.717) is 6.07 Å². The minimum atomic E-state index is -4.69. The van der Waals surface area contributed by atoms with Gasteiger partial charge in [0.1, 0.15) is 0 Å². The topological polar surface area (TPSA) is 97.4 Å². The smallest absolute Gasteiger partial charge is 0.349 e. The molecule has 0 aliphatic heterocycles. The van der Waals surface area contributed by atoms with Crippen molar-refractivity contribution in [2.24, 2.45) is 5.92 Å². The van der Waals surface area contributed by atoms with E-state index in [9.17, 15) is 34.8 Å². The Morgan fingerprint density at radius 1 is 1.09 bits per heavy atom. The highest BCUT2D eigenvalue weighted by Gasteiger charge is 2.39. The highest BCUT2D eigenvalue weighted by molar-refractivity contribution is 7.95. The average molecular weight is 522 g/mol. The molecule has 0 saturated heterocycles. The molecule has 1 fully saturated rings. The van der Waals surface area contributed by atoms with Gasteiger partial charge in [-0.25, -0.2) is 16.8 Å². The molecule has 0 spiro atoms. The van der Waals surface area contributed by atoms with Crippen LogP contribution < -0.4 is 5.32 Å². The number of benzene rings is 2. The summed E-state index contributed by atoms with van der Waals surface area (Å²) >= 11 is 5.83. The van der Waals surface area contributed by atoms with Gasteiger partial charge in [-0.05, 0) is 55.2 Å². The summed E-state index contributed by atoms with van der Waals surface area (Å²) in [6.45, 7) is 3.57. The molecule has 2 aromatic carbocycles. The highest BCUT2D eigenvalue weighted by Crippen LogP contribution is 2.39. The molecular weight excluding hydrogens is 503 g/mol. The SMILES string of the molecule is C=C(C1CC(NC(=O)c2ccc(Cl)cc2S(C)(=O)=O)C1)S(=O)(=O)c1cccc(C(F)(F)F)c1. The van der Waals surface area contributed by atoms with Crippen LogP contribution in [0.4, 0.5) is 13.2 Å². The third-order valence-corrected chi connectivity index (χ3v) is 8.60. The van der Waals surface area contributed by atoms with Gasteiger partial charge >= 0.3 is 6.18 Å². The van der Waals surface area contributed by atoms with Gasteiger partial charge in [0.15, 0.2) is 9.84 Å². The van der Waals surface area contributed by atoms with Crippen molar-refractivity contribution in [2.75, 3.05) is 6.26 Å².